The predicted molar refractivity (Wildman–Crippen MR) is 118 cm³/mol. The summed E-state index contributed by atoms with van der Waals surface area (Å²) in [5, 5.41) is 0. The van der Waals surface area contributed by atoms with Crippen molar-refractivity contribution < 1.29 is 28.6 Å². The zero-order valence-corrected chi connectivity index (χ0v) is 19.6. The Labute approximate surface area is 185 Å². The molecule has 2 aliphatic carbocycles. The number of hydrogen-bond acceptors (Lipinski definition) is 6. The fourth-order valence-electron chi connectivity index (χ4n) is 4.68. The lowest BCUT2D eigenvalue weighted by atomic mass is 9.66. The van der Waals surface area contributed by atoms with E-state index in [-0.39, 0.29) is 18.8 Å². The van der Waals surface area contributed by atoms with Crippen LogP contribution in [0.1, 0.15) is 78.1 Å². The van der Waals surface area contributed by atoms with Crippen molar-refractivity contribution in [2.45, 2.75) is 78.1 Å². The van der Waals surface area contributed by atoms with Crippen LogP contribution < -0.4 is 0 Å². The summed E-state index contributed by atoms with van der Waals surface area (Å²) in [5.74, 6) is -1.44. The fraction of sp³-hybridized carbons (Fsp3) is 0.640. The Kier molecular flexibility index (Phi) is 9.08. The molecule has 0 bridgehead atoms. The minimum absolute atomic E-state index is 0.239. The maximum Gasteiger partial charge on any atom is 0.334 e. The first-order chi connectivity index (χ1) is 14.9. The smallest absolute Gasteiger partial charge is 0.334 e. The number of carbonyl (C=O) groups excluding carboxylic acids is 3. The molecule has 0 aliphatic heterocycles. The van der Waals surface area contributed by atoms with Crippen molar-refractivity contribution in [2.75, 3.05) is 21.3 Å². The van der Waals surface area contributed by atoms with Crippen LogP contribution in [0.5, 0.6) is 0 Å². The van der Waals surface area contributed by atoms with Gasteiger partial charge in [-0.15, -0.1) is 0 Å². The van der Waals surface area contributed by atoms with Gasteiger partial charge in [-0.1, -0.05) is 32.8 Å². The second kappa shape index (κ2) is 11.3. The third-order valence-corrected chi connectivity index (χ3v) is 6.44. The van der Waals surface area contributed by atoms with E-state index in [1.165, 1.54) is 21.3 Å². The van der Waals surface area contributed by atoms with Crippen LogP contribution >= 0.6 is 0 Å². The van der Waals surface area contributed by atoms with Crippen molar-refractivity contribution >= 4 is 17.9 Å². The van der Waals surface area contributed by atoms with Crippen molar-refractivity contribution in [1.29, 1.82) is 0 Å². The number of hydrogen-bond donors (Lipinski definition) is 0. The number of esters is 3. The van der Waals surface area contributed by atoms with Crippen molar-refractivity contribution in [1.82, 2.24) is 0 Å². The van der Waals surface area contributed by atoms with Crippen molar-refractivity contribution in [3.8, 4) is 0 Å². The Hall–Kier alpha value is -2.37. The van der Waals surface area contributed by atoms with Crippen LogP contribution in [-0.4, -0.2) is 39.2 Å². The Morgan fingerprint density at radius 2 is 1.58 bits per heavy atom. The molecule has 2 aliphatic rings. The number of ether oxygens (including phenoxy) is 3. The summed E-state index contributed by atoms with van der Waals surface area (Å²) in [6.45, 7) is 4.22. The molecule has 0 heterocycles. The first kappa shape index (κ1) is 24.9. The SMILES string of the molecule is CCCCC1=C2CC(C(=O)OC)(C(=O)OC)CC=C2CC/C1=C(\CCCC)C(=O)OC. The Balaban J connectivity index is 2.69. The molecule has 0 saturated carbocycles. The summed E-state index contributed by atoms with van der Waals surface area (Å²) < 4.78 is 15.2. The topological polar surface area (TPSA) is 78.9 Å². The molecule has 0 atom stereocenters. The second-order valence-corrected chi connectivity index (χ2v) is 8.29. The third-order valence-electron chi connectivity index (χ3n) is 6.44. The van der Waals surface area contributed by atoms with E-state index in [9.17, 15) is 14.4 Å². The molecule has 0 aromatic heterocycles. The van der Waals surface area contributed by atoms with E-state index in [1.807, 2.05) is 6.08 Å². The maximum absolute atomic E-state index is 12.7. The van der Waals surface area contributed by atoms with Gasteiger partial charge in [-0.25, -0.2) is 4.79 Å². The highest BCUT2D eigenvalue weighted by Gasteiger charge is 2.51. The monoisotopic (exact) mass is 432 g/mol. The molecule has 0 amide bonds. The molecule has 0 unspecified atom stereocenters. The van der Waals surface area contributed by atoms with Crippen molar-refractivity contribution in [3.05, 3.63) is 33.9 Å². The normalized spacial score (nSPS) is 19.2. The van der Waals surface area contributed by atoms with E-state index in [4.69, 9.17) is 14.2 Å². The van der Waals surface area contributed by atoms with Gasteiger partial charge in [0, 0.05) is 12.0 Å². The van der Waals surface area contributed by atoms with Crippen LogP contribution in [0.4, 0.5) is 0 Å². The van der Waals surface area contributed by atoms with E-state index in [1.54, 1.807) is 0 Å². The van der Waals surface area contributed by atoms with E-state index < -0.39 is 17.4 Å². The standard InChI is InChI=1S/C25H36O6/c1-6-8-10-18-19(20(11-9-7-2)22(26)29-3)13-12-17-14-15-25(16-21(17)18,23(27)30-4)24(28)31-5/h14H,6-13,15-16H2,1-5H3/b20-19-. The molecular weight excluding hydrogens is 396 g/mol. The zero-order valence-electron chi connectivity index (χ0n) is 19.6. The average molecular weight is 433 g/mol. The van der Waals surface area contributed by atoms with Gasteiger partial charge in [-0.2, -0.15) is 0 Å². The highest BCUT2D eigenvalue weighted by molar-refractivity contribution is 6.01. The molecule has 0 aromatic carbocycles. The van der Waals surface area contributed by atoms with Gasteiger partial charge in [0.1, 0.15) is 0 Å². The quantitative estimate of drug-likeness (QED) is 0.221. The number of unbranched alkanes of at least 4 members (excludes halogenated alkanes) is 2. The lowest BCUT2D eigenvalue weighted by Gasteiger charge is -2.37. The van der Waals surface area contributed by atoms with Gasteiger partial charge in [-0.05, 0) is 67.2 Å². The highest BCUT2D eigenvalue weighted by Crippen LogP contribution is 2.49. The Morgan fingerprint density at radius 3 is 2.13 bits per heavy atom. The van der Waals surface area contributed by atoms with Gasteiger partial charge >= 0.3 is 17.9 Å². The zero-order chi connectivity index (χ0) is 23.0. The molecule has 0 spiro atoms. The molecule has 6 heteroatoms. The minimum atomic E-state index is -1.38. The summed E-state index contributed by atoms with van der Waals surface area (Å²) in [6.07, 6.45) is 9.36. The number of fused-ring (bicyclic) bond motifs is 1. The Bertz CT molecular complexity index is 783. The third kappa shape index (κ3) is 5.10. The van der Waals surface area contributed by atoms with E-state index in [0.29, 0.717) is 6.42 Å². The van der Waals surface area contributed by atoms with Gasteiger partial charge in [0.2, 0.25) is 0 Å². The van der Waals surface area contributed by atoms with E-state index >= 15 is 0 Å². The molecule has 0 N–H and O–H groups in total. The molecule has 31 heavy (non-hydrogen) atoms. The number of methoxy groups -OCH3 is 3. The summed E-state index contributed by atoms with van der Waals surface area (Å²) in [5.41, 5.74) is 3.64. The molecule has 172 valence electrons. The minimum Gasteiger partial charge on any atom is -0.468 e. The van der Waals surface area contributed by atoms with Gasteiger partial charge < -0.3 is 14.2 Å². The van der Waals surface area contributed by atoms with Gasteiger partial charge in [0.05, 0.1) is 21.3 Å². The summed E-state index contributed by atoms with van der Waals surface area (Å²) in [7, 11) is 4.01. The van der Waals surface area contributed by atoms with Crippen LogP contribution in [-0.2, 0) is 28.6 Å². The summed E-state index contributed by atoms with van der Waals surface area (Å²) in [6, 6.07) is 0. The molecule has 0 radical (unpaired) electrons. The van der Waals surface area contributed by atoms with E-state index in [2.05, 4.69) is 13.8 Å². The molecule has 2 rings (SSSR count). The maximum atomic E-state index is 12.7. The van der Waals surface area contributed by atoms with Crippen LogP contribution in [0.15, 0.2) is 33.9 Å². The summed E-state index contributed by atoms with van der Waals surface area (Å²) >= 11 is 0. The molecular formula is C25H36O6. The van der Waals surface area contributed by atoms with Crippen molar-refractivity contribution in [2.24, 2.45) is 5.41 Å². The second-order valence-electron chi connectivity index (χ2n) is 8.29. The van der Waals surface area contributed by atoms with Gasteiger partial charge in [0.15, 0.2) is 5.41 Å². The number of carbonyl (C=O) groups is 3. The van der Waals surface area contributed by atoms with Crippen molar-refractivity contribution in [3.63, 3.8) is 0 Å². The van der Waals surface area contributed by atoms with Crippen LogP contribution in [0.3, 0.4) is 0 Å². The number of rotatable bonds is 9. The molecule has 6 nitrogen and oxygen atoms in total. The largest absolute Gasteiger partial charge is 0.468 e. The van der Waals surface area contributed by atoms with E-state index in [0.717, 1.165) is 72.8 Å². The average Bonchev–Trinajstić information content (AvgIpc) is 2.81. The lowest BCUT2D eigenvalue weighted by Crippen LogP contribution is -2.43. The Morgan fingerprint density at radius 1 is 0.935 bits per heavy atom. The molecule has 0 saturated heterocycles. The summed E-state index contributed by atoms with van der Waals surface area (Å²) in [4.78, 5) is 38.1. The lowest BCUT2D eigenvalue weighted by molar-refractivity contribution is -0.169. The highest BCUT2D eigenvalue weighted by atomic mass is 16.5. The first-order valence-electron chi connectivity index (χ1n) is 11.3. The molecule has 0 fully saturated rings. The van der Waals surface area contributed by atoms with Crippen LogP contribution in [0, 0.1) is 5.41 Å². The number of allylic oxidation sites excluding steroid dienone is 5. The predicted octanol–water partition coefficient (Wildman–Crippen LogP) is 4.98. The van der Waals surface area contributed by atoms with Gasteiger partial charge in [0.25, 0.3) is 0 Å². The van der Waals surface area contributed by atoms with Crippen LogP contribution in [0.2, 0.25) is 0 Å². The first-order valence-corrected chi connectivity index (χ1v) is 11.3. The molecule has 0 aromatic rings. The van der Waals surface area contributed by atoms with Crippen LogP contribution in [0.25, 0.3) is 0 Å². The van der Waals surface area contributed by atoms with Gasteiger partial charge in [-0.3, -0.25) is 9.59 Å². The fourth-order valence-corrected chi connectivity index (χ4v) is 4.68.